The minimum atomic E-state index is 0.715. The van der Waals surface area contributed by atoms with Crippen molar-refractivity contribution < 1.29 is 0 Å². The Hall–Kier alpha value is -0.0800. The number of nitrogens with zero attached hydrogens (tertiary/aromatic N) is 1. The number of nitrogens with one attached hydrogen (secondary N) is 1. The summed E-state index contributed by atoms with van der Waals surface area (Å²) in [6, 6.07) is 2.19. The van der Waals surface area contributed by atoms with Crippen molar-refractivity contribution in [3.05, 3.63) is 0 Å². The summed E-state index contributed by atoms with van der Waals surface area (Å²) < 4.78 is 0. The predicted octanol–water partition coefficient (Wildman–Crippen LogP) is 3.66. The molecule has 2 heteroatoms. The second-order valence-corrected chi connectivity index (χ2v) is 5.91. The summed E-state index contributed by atoms with van der Waals surface area (Å²) in [7, 11) is 0. The standard InChI is InChI=1S/C16H34N2/c1-6-13(5)18(9-4)16-12-14(7-2)10-11-15(16)17-8-3/h13-17H,6-12H2,1-5H3. The Balaban J connectivity index is 2.74. The highest BCUT2D eigenvalue weighted by Gasteiger charge is 2.34. The van der Waals surface area contributed by atoms with Gasteiger partial charge in [-0.05, 0) is 51.6 Å². The van der Waals surface area contributed by atoms with Crippen molar-refractivity contribution in [2.24, 2.45) is 5.92 Å². The van der Waals surface area contributed by atoms with Gasteiger partial charge in [0.05, 0.1) is 0 Å². The van der Waals surface area contributed by atoms with Gasteiger partial charge in [-0.2, -0.15) is 0 Å². The first kappa shape index (κ1) is 16.0. The summed E-state index contributed by atoms with van der Waals surface area (Å²) in [6.07, 6.45) is 6.80. The van der Waals surface area contributed by atoms with Crippen LogP contribution in [0.1, 0.15) is 66.7 Å². The van der Waals surface area contributed by atoms with Crippen LogP contribution in [0.3, 0.4) is 0 Å². The highest BCUT2D eigenvalue weighted by Crippen LogP contribution is 2.31. The van der Waals surface area contributed by atoms with E-state index in [1.807, 2.05) is 0 Å². The Morgan fingerprint density at radius 3 is 2.39 bits per heavy atom. The molecule has 1 aliphatic rings. The van der Waals surface area contributed by atoms with Crippen molar-refractivity contribution in [3.8, 4) is 0 Å². The molecule has 1 N–H and O–H groups in total. The van der Waals surface area contributed by atoms with Crippen LogP contribution in [0.5, 0.6) is 0 Å². The third kappa shape index (κ3) is 3.96. The molecule has 0 heterocycles. The smallest absolute Gasteiger partial charge is 0.0254 e. The van der Waals surface area contributed by atoms with Crippen molar-refractivity contribution in [2.75, 3.05) is 13.1 Å². The Morgan fingerprint density at radius 2 is 1.89 bits per heavy atom. The first-order valence-electron chi connectivity index (χ1n) is 8.16. The molecular formula is C16H34N2. The highest BCUT2D eigenvalue weighted by molar-refractivity contribution is 4.92. The Labute approximate surface area is 115 Å². The minimum absolute atomic E-state index is 0.715. The van der Waals surface area contributed by atoms with E-state index in [9.17, 15) is 0 Å². The Bertz CT molecular complexity index is 217. The van der Waals surface area contributed by atoms with Crippen LogP contribution in [-0.2, 0) is 0 Å². The maximum absolute atomic E-state index is 3.73. The molecule has 0 aliphatic heterocycles. The molecule has 0 aromatic carbocycles. The first-order chi connectivity index (χ1) is 8.67. The van der Waals surface area contributed by atoms with Crippen molar-refractivity contribution in [2.45, 2.75) is 84.8 Å². The second kappa shape index (κ2) is 8.16. The van der Waals surface area contributed by atoms with E-state index in [1.165, 1.54) is 38.6 Å². The average Bonchev–Trinajstić information content (AvgIpc) is 2.41. The van der Waals surface area contributed by atoms with Crippen molar-refractivity contribution in [1.82, 2.24) is 10.2 Å². The number of likely N-dealkylation sites (N-methyl/N-ethyl adjacent to an activating group) is 2. The summed E-state index contributed by atoms with van der Waals surface area (Å²) in [5, 5.41) is 3.73. The van der Waals surface area contributed by atoms with Crippen LogP contribution in [0.2, 0.25) is 0 Å². The van der Waals surface area contributed by atoms with Crippen LogP contribution in [0.25, 0.3) is 0 Å². The normalized spacial score (nSPS) is 30.7. The SMILES string of the molecule is CCNC1CCC(CC)CC1N(CC)C(C)CC. The van der Waals surface area contributed by atoms with Crippen LogP contribution in [0.4, 0.5) is 0 Å². The van der Waals surface area contributed by atoms with Gasteiger partial charge >= 0.3 is 0 Å². The van der Waals surface area contributed by atoms with Gasteiger partial charge in [0.25, 0.3) is 0 Å². The van der Waals surface area contributed by atoms with E-state index in [0.717, 1.165) is 24.5 Å². The second-order valence-electron chi connectivity index (χ2n) is 5.91. The molecule has 1 fully saturated rings. The lowest BCUT2D eigenvalue weighted by Gasteiger charge is -2.45. The highest BCUT2D eigenvalue weighted by atomic mass is 15.2. The van der Waals surface area contributed by atoms with Gasteiger partial charge in [0.15, 0.2) is 0 Å². The van der Waals surface area contributed by atoms with Crippen LogP contribution in [0.15, 0.2) is 0 Å². The predicted molar refractivity (Wildman–Crippen MR) is 81.0 cm³/mol. The molecule has 2 nitrogen and oxygen atoms in total. The molecule has 0 spiro atoms. The van der Waals surface area contributed by atoms with E-state index in [2.05, 4.69) is 44.8 Å². The number of hydrogen-bond donors (Lipinski definition) is 1. The molecule has 108 valence electrons. The molecule has 1 saturated carbocycles. The summed E-state index contributed by atoms with van der Waals surface area (Å²) in [6.45, 7) is 13.9. The molecule has 0 amide bonds. The van der Waals surface area contributed by atoms with E-state index in [1.54, 1.807) is 0 Å². The van der Waals surface area contributed by atoms with E-state index >= 15 is 0 Å². The largest absolute Gasteiger partial charge is 0.313 e. The van der Waals surface area contributed by atoms with Crippen LogP contribution >= 0.6 is 0 Å². The topological polar surface area (TPSA) is 15.3 Å². The first-order valence-corrected chi connectivity index (χ1v) is 8.16. The molecule has 0 bridgehead atoms. The molecule has 1 rings (SSSR count). The molecule has 4 unspecified atom stereocenters. The van der Waals surface area contributed by atoms with Crippen LogP contribution in [-0.4, -0.2) is 36.1 Å². The minimum Gasteiger partial charge on any atom is -0.313 e. The van der Waals surface area contributed by atoms with Gasteiger partial charge in [-0.1, -0.05) is 34.1 Å². The Kier molecular flexibility index (Phi) is 7.25. The third-order valence-electron chi connectivity index (χ3n) is 4.92. The molecule has 0 aromatic heterocycles. The summed E-state index contributed by atoms with van der Waals surface area (Å²) in [5.41, 5.74) is 0. The fraction of sp³-hybridized carbons (Fsp3) is 1.00. The maximum atomic E-state index is 3.73. The average molecular weight is 254 g/mol. The third-order valence-corrected chi connectivity index (χ3v) is 4.92. The maximum Gasteiger partial charge on any atom is 0.0254 e. The molecular weight excluding hydrogens is 220 g/mol. The van der Waals surface area contributed by atoms with Crippen LogP contribution in [0, 0.1) is 5.92 Å². The van der Waals surface area contributed by atoms with Gasteiger partial charge in [-0.25, -0.2) is 0 Å². The van der Waals surface area contributed by atoms with Crippen molar-refractivity contribution in [1.29, 1.82) is 0 Å². The van der Waals surface area contributed by atoms with Gasteiger partial charge in [-0.3, -0.25) is 4.90 Å². The summed E-state index contributed by atoms with van der Waals surface area (Å²) >= 11 is 0. The fourth-order valence-electron chi connectivity index (χ4n) is 3.58. The zero-order valence-corrected chi connectivity index (χ0v) is 13.2. The molecule has 0 saturated heterocycles. The molecule has 1 aliphatic carbocycles. The van der Waals surface area contributed by atoms with Gasteiger partial charge in [0.2, 0.25) is 0 Å². The quantitative estimate of drug-likeness (QED) is 0.746. The lowest BCUT2D eigenvalue weighted by molar-refractivity contribution is 0.0682. The van der Waals surface area contributed by atoms with Gasteiger partial charge in [0.1, 0.15) is 0 Å². The van der Waals surface area contributed by atoms with Crippen LogP contribution < -0.4 is 5.32 Å². The fourth-order valence-corrected chi connectivity index (χ4v) is 3.58. The summed E-state index contributed by atoms with van der Waals surface area (Å²) in [5.74, 6) is 0.947. The number of hydrogen-bond acceptors (Lipinski definition) is 2. The van der Waals surface area contributed by atoms with Crippen molar-refractivity contribution >= 4 is 0 Å². The van der Waals surface area contributed by atoms with Crippen molar-refractivity contribution in [3.63, 3.8) is 0 Å². The molecule has 4 atom stereocenters. The van der Waals surface area contributed by atoms with Gasteiger partial charge < -0.3 is 5.32 Å². The number of rotatable bonds is 7. The van der Waals surface area contributed by atoms with Gasteiger partial charge in [0, 0.05) is 18.1 Å². The van der Waals surface area contributed by atoms with E-state index < -0.39 is 0 Å². The molecule has 18 heavy (non-hydrogen) atoms. The lowest BCUT2D eigenvalue weighted by atomic mass is 9.79. The van der Waals surface area contributed by atoms with E-state index in [0.29, 0.717) is 6.04 Å². The van der Waals surface area contributed by atoms with E-state index in [-0.39, 0.29) is 0 Å². The van der Waals surface area contributed by atoms with E-state index in [4.69, 9.17) is 0 Å². The molecule has 0 aromatic rings. The lowest BCUT2D eigenvalue weighted by Crippen LogP contribution is -2.55. The Morgan fingerprint density at radius 1 is 1.17 bits per heavy atom. The zero-order chi connectivity index (χ0) is 13.5. The van der Waals surface area contributed by atoms with Gasteiger partial charge in [-0.15, -0.1) is 0 Å². The molecule has 0 radical (unpaired) electrons. The monoisotopic (exact) mass is 254 g/mol. The zero-order valence-electron chi connectivity index (χ0n) is 13.2. The summed E-state index contributed by atoms with van der Waals surface area (Å²) in [4.78, 5) is 2.75.